The number of nitrogens with two attached hydrogens (primary N) is 1. The van der Waals surface area contributed by atoms with E-state index in [1.165, 1.54) is 4.90 Å². The summed E-state index contributed by atoms with van der Waals surface area (Å²) in [4.78, 5) is 66.4. The molecule has 1 saturated heterocycles. The quantitative estimate of drug-likeness (QED) is 0.296. The molecule has 0 bridgehead atoms. The van der Waals surface area contributed by atoms with Crippen molar-refractivity contribution in [1.29, 1.82) is 0 Å². The molecule has 3 atom stereocenters. The van der Waals surface area contributed by atoms with Gasteiger partial charge in [0.15, 0.2) is 0 Å². The second-order valence-corrected chi connectivity index (χ2v) is 13.6. The zero-order chi connectivity index (χ0) is 30.5. The number of amides is 5. The van der Waals surface area contributed by atoms with Crippen molar-refractivity contribution in [3.63, 3.8) is 0 Å². The number of likely N-dealkylation sites (tertiary alicyclic amines) is 1. The smallest absolute Gasteiger partial charge is 0.315 e. The molecule has 5 amide bonds. The molecule has 3 fully saturated rings. The van der Waals surface area contributed by atoms with Crippen molar-refractivity contribution >= 4 is 29.5 Å². The average molecular weight is 582 g/mol. The number of Topliss-reactive ketones (excluding diaryl/α,β-unsaturated/α-hetero) is 1. The molecular formula is C32H47N5O5. The first kappa shape index (κ1) is 31.5. The zero-order valence-electron chi connectivity index (χ0n) is 25.2. The molecule has 10 heteroatoms. The van der Waals surface area contributed by atoms with Crippen LogP contribution in [0.1, 0.15) is 90.5 Å². The molecule has 0 spiro atoms. The van der Waals surface area contributed by atoms with E-state index >= 15 is 0 Å². The van der Waals surface area contributed by atoms with Crippen LogP contribution in [0.25, 0.3) is 0 Å². The molecule has 2 saturated carbocycles. The summed E-state index contributed by atoms with van der Waals surface area (Å²) in [5.41, 5.74) is 5.37. The fraction of sp³-hybridized carbons (Fsp3) is 0.656. The van der Waals surface area contributed by atoms with Gasteiger partial charge in [-0.2, -0.15) is 0 Å². The molecule has 2 aliphatic carbocycles. The van der Waals surface area contributed by atoms with E-state index in [4.69, 9.17) is 5.73 Å². The minimum atomic E-state index is -1.08. The van der Waals surface area contributed by atoms with Gasteiger partial charge in [-0.3, -0.25) is 19.2 Å². The van der Waals surface area contributed by atoms with Crippen molar-refractivity contribution in [2.24, 2.45) is 17.1 Å². The fourth-order valence-electron chi connectivity index (χ4n) is 6.44. The molecule has 10 nitrogen and oxygen atoms in total. The molecule has 3 aliphatic rings. The number of rotatable bonds is 11. The lowest BCUT2D eigenvalue weighted by Gasteiger charge is -2.40. The predicted molar refractivity (Wildman–Crippen MR) is 159 cm³/mol. The average Bonchev–Trinajstić information content (AvgIpc) is 3.61. The fourth-order valence-corrected chi connectivity index (χ4v) is 6.44. The monoisotopic (exact) mass is 581 g/mol. The summed E-state index contributed by atoms with van der Waals surface area (Å²) >= 11 is 0. The third-order valence-electron chi connectivity index (χ3n) is 8.94. The van der Waals surface area contributed by atoms with Gasteiger partial charge in [0.1, 0.15) is 12.1 Å². The predicted octanol–water partition coefficient (Wildman–Crippen LogP) is 2.98. The Morgan fingerprint density at radius 2 is 1.62 bits per heavy atom. The Morgan fingerprint density at radius 1 is 0.952 bits per heavy atom. The van der Waals surface area contributed by atoms with Gasteiger partial charge in [-0.05, 0) is 55.4 Å². The first-order valence-corrected chi connectivity index (χ1v) is 15.5. The molecule has 230 valence electrons. The van der Waals surface area contributed by atoms with Crippen LogP contribution in [-0.2, 0) is 25.6 Å². The van der Waals surface area contributed by atoms with Gasteiger partial charge < -0.3 is 26.6 Å². The second-order valence-electron chi connectivity index (χ2n) is 13.6. The highest BCUT2D eigenvalue weighted by Gasteiger charge is 2.44. The third kappa shape index (κ3) is 8.10. The molecule has 1 aromatic rings. The number of nitrogens with one attached hydrogen (secondary N) is 3. The highest BCUT2D eigenvalue weighted by molar-refractivity contribution is 6.37. The summed E-state index contributed by atoms with van der Waals surface area (Å²) in [7, 11) is 0. The molecule has 1 heterocycles. The lowest BCUT2D eigenvalue weighted by Crippen LogP contribution is -2.62. The second kappa shape index (κ2) is 13.3. The minimum Gasteiger partial charge on any atom is -0.363 e. The van der Waals surface area contributed by atoms with Gasteiger partial charge >= 0.3 is 6.03 Å². The van der Waals surface area contributed by atoms with Gasteiger partial charge in [0.2, 0.25) is 17.6 Å². The maximum absolute atomic E-state index is 14.0. The van der Waals surface area contributed by atoms with Crippen LogP contribution in [0, 0.1) is 11.3 Å². The Kier molecular flexibility index (Phi) is 9.94. The van der Waals surface area contributed by atoms with Crippen LogP contribution in [0.3, 0.4) is 0 Å². The lowest BCUT2D eigenvalue weighted by atomic mass is 9.77. The van der Waals surface area contributed by atoms with Gasteiger partial charge in [0, 0.05) is 12.1 Å². The Bertz CT molecular complexity index is 1150. The van der Waals surface area contributed by atoms with E-state index in [2.05, 4.69) is 28.1 Å². The first-order chi connectivity index (χ1) is 19.9. The van der Waals surface area contributed by atoms with Crippen LogP contribution >= 0.6 is 0 Å². The topological polar surface area (TPSA) is 151 Å². The van der Waals surface area contributed by atoms with E-state index in [9.17, 15) is 24.0 Å². The zero-order valence-corrected chi connectivity index (χ0v) is 25.2. The van der Waals surface area contributed by atoms with Crippen molar-refractivity contribution in [2.45, 2.75) is 115 Å². The molecule has 3 unspecified atom stereocenters. The summed E-state index contributed by atoms with van der Waals surface area (Å²) in [6, 6.07) is 7.07. The Balaban J connectivity index is 1.46. The maximum Gasteiger partial charge on any atom is 0.315 e. The van der Waals surface area contributed by atoms with Crippen LogP contribution in [-0.4, -0.2) is 64.6 Å². The van der Waals surface area contributed by atoms with Crippen molar-refractivity contribution in [1.82, 2.24) is 20.9 Å². The summed E-state index contributed by atoms with van der Waals surface area (Å²) in [6.07, 6.45) is 8.94. The summed E-state index contributed by atoms with van der Waals surface area (Å²) < 4.78 is 0. The van der Waals surface area contributed by atoms with Crippen molar-refractivity contribution in [3.05, 3.63) is 35.9 Å². The highest BCUT2D eigenvalue weighted by Crippen LogP contribution is 2.34. The van der Waals surface area contributed by atoms with Crippen LogP contribution in [0.4, 0.5) is 4.79 Å². The number of nitrogens with zero attached hydrogens (tertiary/aromatic N) is 1. The minimum absolute atomic E-state index is 0.280. The normalized spacial score (nSPS) is 21.6. The van der Waals surface area contributed by atoms with Gasteiger partial charge in [-0.25, -0.2) is 4.79 Å². The number of hydrogen-bond acceptors (Lipinski definition) is 5. The van der Waals surface area contributed by atoms with Crippen molar-refractivity contribution in [2.75, 3.05) is 6.54 Å². The van der Waals surface area contributed by atoms with E-state index in [-0.39, 0.29) is 11.8 Å². The number of hydrogen-bond donors (Lipinski definition) is 4. The molecule has 42 heavy (non-hydrogen) atoms. The summed E-state index contributed by atoms with van der Waals surface area (Å²) in [5.74, 6) is -2.42. The first-order valence-electron chi connectivity index (χ1n) is 15.5. The van der Waals surface area contributed by atoms with Gasteiger partial charge in [0.05, 0.1) is 6.04 Å². The lowest BCUT2D eigenvalue weighted by molar-refractivity contribution is -0.143. The van der Waals surface area contributed by atoms with E-state index in [0.717, 1.165) is 56.9 Å². The number of benzene rings is 1. The Hall–Kier alpha value is -3.43. The molecule has 1 aliphatic heterocycles. The van der Waals surface area contributed by atoms with Crippen molar-refractivity contribution in [3.8, 4) is 0 Å². The van der Waals surface area contributed by atoms with E-state index < -0.39 is 52.7 Å². The number of primary amides is 1. The van der Waals surface area contributed by atoms with Crippen molar-refractivity contribution < 1.29 is 24.0 Å². The standard InChI is InChI=1S/C32H47N5O5/c1-31(2,3)26(35-30(42)36-32(16-8-5-9-17-32)20-22-11-6-4-7-12-22)29(41)37-18-10-13-24(37)28(40)34-23(19-21-14-15-21)25(38)27(33)39/h4,6-7,11-12,21,23-24,26H,5,8-10,13-20H2,1-3H3,(H2,33,39)(H,34,40)(H2,35,36,42). The molecular weight excluding hydrogens is 534 g/mol. The molecule has 0 aromatic heterocycles. The summed E-state index contributed by atoms with van der Waals surface area (Å²) in [5, 5.41) is 8.94. The number of urea groups is 1. The van der Waals surface area contributed by atoms with Gasteiger partial charge in [-0.15, -0.1) is 0 Å². The Morgan fingerprint density at radius 3 is 2.21 bits per heavy atom. The summed E-state index contributed by atoms with van der Waals surface area (Å²) in [6.45, 7) is 6.03. The van der Waals surface area contributed by atoms with Gasteiger partial charge in [0.25, 0.3) is 5.91 Å². The van der Waals surface area contributed by atoms with E-state index in [1.807, 2.05) is 39.0 Å². The number of carbonyl (C=O) groups excluding carboxylic acids is 5. The highest BCUT2D eigenvalue weighted by atomic mass is 16.2. The van der Waals surface area contributed by atoms with Crippen LogP contribution < -0.4 is 21.7 Å². The number of carbonyl (C=O) groups is 5. The van der Waals surface area contributed by atoms with Crippen LogP contribution in [0.15, 0.2) is 30.3 Å². The van der Waals surface area contributed by atoms with Gasteiger partial charge in [-0.1, -0.05) is 83.2 Å². The third-order valence-corrected chi connectivity index (χ3v) is 8.94. The molecule has 4 rings (SSSR count). The Labute approximate surface area is 248 Å². The molecule has 1 aromatic carbocycles. The maximum atomic E-state index is 14.0. The number of ketones is 1. The van der Waals surface area contributed by atoms with E-state index in [1.54, 1.807) is 0 Å². The largest absolute Gasteiger partial charge is 0.363 e. The SMILES string of the molecule is CC(C)(C)C(NC(=O)NC1(Cc2ccccc2)CCCCC1)C(=O)N1CCCC1C(=O)NC(CC1CC1)C(=O)C(N)=O. The van der Waals surface area contributed by atoms with Crippen LogP contribution in [0.2, 0.25) is 0 Å². The molecule has 0 radical (unpaired) electrons. The molecule has 5 N–H and O–H groups in total. The van der Waals surface area contributed by atoms with Crippen LogP contribution in [0.5, 0.6) is 0 Å². The van der Waals surface area contributed by atoms with E-state index in [0.29, 0.717) is 25.8 Å².